The minimum Gasteiger partial charge on any atom is -0.469 e. The normalized spacial score (nSPS) is 41.7. The van der Waals surface area contributed by atoms with E-state index in [9.17, 15) is 9.59 Å². The Kier molecular flexibility index (Phi) is 1.90. The molecule has 2 spiro atoms. The first kappa shape index (κ1) is 11.1. The highest BCUT2D eigenvalue weighted by Crippen LogP contribution is 2.78. The molecule has 1 aliphatic heterocycles. The van der Waals surface area contributed by atoms with Crippen LogP contribution in [-0.4, -0.2) is 24.6 Å². The molecule has 0 aromatic heterocycles. The van der Waals surface area contributed by atoms with Crippen LogP contribution in [0.3, 0.4) is 0 Å². The van der Waals surface area contributed by atoms with Gasteiger partial charge in [0.15, 0.2) is 0 Å². The molecule has 0 N–H and O–H groups in total. The van der Waals surface area contributed by atoms with E-state index in [2.05, 4.69) is 4.99 Å². The van der Waals surface area contributed by atoms with Crippen molar-refractivity contribution in [3.05, 3.63) is 23.9 Å². The summed E-state index contributed by atoms with van der Waals surface area (Å²) in [6.07, 6.45) is 8.63. The molecule has 98 valence electrons. The first-order valence-electron chi connectivity index (χ1n) is 6.69. The molecule has 4 nitrogen and oxygen atoms in total. The zero-order valence-electron chi connectivity index (χ0n) is 10.8. The third-order valence-corrected chi connectivity index (χ3v) is 5.20. The van der Waals surface area contributed by atoms with Crippen LogP contribution in [0.5, 0.6) is 0 Å². The van der Waals surface area contributed by atoms with Crippen LogP contribution in [-0.2, 0) is 14.3 Å². The minimum atomic E-state index is -0.195. The summed E-state index contributed by atoms with van der Waals surface area (Å²) in [5, 5.41) is 0. The van der Waals surface area contributed by atoms with Gasteiger partial charge in [-0.1, -0.05) is 12.2 Å². The molecule has 0 aromatic rings. The van der Waals surface area contributed by atoms with E-state index < -0.39 is 0 Å². The second-order valence-electron chi connectivity index (χ2n) is 6.04. The molecule has 4 rings (SSSR count). The summed E-state index contributed by atoms with van der Waals surface area (Å²) >= 11 is 0. The van der Waals surface area contributed by atoms with Crippen LogP contribution in [0.25, 0.3) is 0 Å². The molecule has 4 heteroatoms. The number of hydrogen-bond donors (Lipinski definition) is 0. The number of allylic oxidation sites excluding steroid dienone is 3. The van der Waals surface area contributed by atoms with E-state index in [1.807, 2.05) is 18.2 Å². The molecule has 1 saturated carbocycles. The molecule has 0 bridgehead atoms. The van der Waals surface area contributed by atoms with Gasteiger partial charge in [-0.15, -0.1) is 0 Å². The Balaban J connectivity index is 1.74. The number of carbonyl (C=O) groups excluding carboxylic acids is 2. The van der Waals surface area contributed by atoms with E-state index in [1.165, 1.54) is 7.11 Å². The summed E-state index contributed by atoms with van der Waals surface area (Å²) in [7, 11) is 1.42. The topological polar surface area (TPSA) is 55.7 Å². The molecule has 1 heterocycles. The van der Waals surface area contributed by atoms with Gasteiger partial charge in [0.05, 0.1) is 13.0 Å². The highest BCUT2D eigenvalue weighted by molar-refractivity contribution is 6.09. The molecular weight excluding hydrogens is 242 g/mol. The number of rotatable bonds is 1. The van der Waals surface area contributed by atoms with Gasteiger partial charge >= 0.3 is 5.97 Å². The van der Waals surface area contributed by atoms with Crippen LogP contribution in [0, 0.1) is 16.7 Å². The molecule has 0 radical (unpaired) electrons. The van der Waals surface area contributed by atoms with E-state index >= 15 is 0 Å². The molecule has 19 heavy (non-hydrogen) atoms. The van der Waals surface area contributed by atoms with Crippen LogP contribution >= 0.6 is 0 Å². The highest BCUT2D eigenvalue weighted by Gasteiger charge is 2.75. The van der Waals surface area contributed by atoms with Crippen LogP contribution < -0.4 is 0 Å². The Morgan fingerprint density at radius 3 is 3.11 bits per heavy atom. The molecule has 0 saturated heterocycles. The zero-order chi connectivity index (χ0) is 13.3. The van der Waals surface area contributed by atoms with Gasteiger partial charge in [0.2, 0.25) is 0 Å². The minimum absolute atomic E-state index is 0.0669. The number of carbonyl (C=O) groups is 2. The van der Waals surface area contributed by atoms with Crippen LogP contribution in [0.2, 0.25) is 0 Å². The lowest BCUT2D eigenvalue weighted by Crippen LogP contribution is -2.30. The maximum Gasteiger partial charge on any atom is 0.312 e. The zero-order valence-corrected chi connectivity index (χ0v) is 10.8. The summed E-state index contributed by atoms with van der Waals surface area (Å²) in [6, 6.07) is 0. The van der Waals surface area contributed by atoms with Crippen molar-refractivity contribution in [1.82, 2.24) is 0 Å². The molecule has 4 aliphatic rings. The summed E-state index contributed by atoms with van der Waals surface area (Å²) in [4.78, 5) is 28.2. The van der Waals surface area contributed by atoms with Crippen molar-refractivity contribution >= 4 is 17.5 Å². The van der Waals surface area contributed by atoms with Crippen LogP contribution in [0.15, 0.2) is 28.9 Å². The Labute approximate surface area is 111 Å². The molecule has 1 fully saturated rings. The Hall–Kier alpha value is -1.71. The predicted octanol–water partition coefficient (Wildman–Crippen LogP) is 1.81. The lowest BCUT2D eigenvalue weighted by Gasteiger charge is -2.26. The number of methoxy groups -OCH3 is 1. The first-order chi connectivity index (χ1) is 9.11. The van der Waals surface area contributed by atoms with E-state index in [-0.39, 0.29) is 22.7 Å². The second kappa shape index (κ2) is 3.24. The lowest BCUT2D eigenvalue weighted by atomic mass is 9.75. The van der Waals surface area contributed by atoms with Crippen LogP contribution in [0.1, 0.15) is 25.7 Å². The largest absolute Gasteiger partial charge is 0.469 e. The number of ether oxygens (including phenoxy) is 1. The average molecular weight is 257 g/mol. The summed E-state index contributed by atoms with van der Waals surface area (Å²) in [5.74, 6) is -0.0905. The molecule has 3 aliphatic carbocycles. The van der Waals surface area contributed by atoms with Gasteiger partial charge in [-0.3, -0.25) is 14.6 Å². The summed E-state index contributed by atoms with van der Waals surface area (Å²) in [5.41, 5.74) is 1.99. The third kappa shape index (κ3) is 1.17. The fraction of sp³-hybridized carbons (Fsp3) is 0.533. The maximum absolute atomic E-state index is 11.8. The quantitative estimate of drug-likeness (QED) is 0.673. The molecule has 3 atom stereocenters. The Morgan fingerprint density at radius 1 is 1.47 bits per heavy atom. The van der Waals surface area contributed by atoms with Crippen LogP contribution in [0.4, 0.5) is 0 Å². The van der Waals surface area contributed by atoms with Crippen molar-refractivity contribution in [2.75, 3.05) is 7.11 Å². The summed E-state index contributed by atoms with van der Waals surface area (Å²) < 4.78 is 4.84. The summed E-state index contributed by atoms with van der Waals surface area (Å²) in [6.45, 7) is 0. The van der Waals surface area contributed by atoms with Gasteiger partial charge in [0, 0.05) is 35.1 Å². The predicted molar refractivity (Wildman–Crippen MR) is 68.5 cm³/mol. The van der Waals surface area contributed by atoms with Gasteiger partial charge in [0.1, 0.15) is 5.78 Å². The molecule has 3 unspecified atom stereocenters. The van der Waals surface area contributed by atoms with Crippen molar-refractivity contribution in [2.24, 2.45) is 21.7 Å². The van der Waals surface area contributed by atoms with Gasteiger partial charge < -0.3 is 4.74 Å². The molecule has 0 amide bonds. The van der Waals surface area contributed by atoms with E-state index in [0.29, 0.717) is 18.6 Å². The number of ketones is 1. The van der Waals surface area contributed by atoms with Crippen molar-refractivity contribution in [3.63, 3.8) is 0 Å². The fourth-order valence-corrected chi connectivity index (χ4v) is 4.20. The smallest absolute Gasteiger partial charge is 0.312 e. The van der Waals surface area contributed by atoms with Gasteiger partial charge in [-0.05, 0) is 18.9 Å². The highest BCUT2D eigenvalue weighted by atomic mass is 16.5. The number of hydrogen-bond acceptors (Lipinski definition) is 4. The van der Waals surface area contributed by atoms with E-state index in [1.54, 1.807) is 0 Å². The fourth-order valence-electron chi connectivity index (χ4n) is 4.20. The SMILES string of the molecule is COC(=O)C1C=CC2=NC3=CCC(=O)CC34CC24C1. The first-order valence-corrected chi connectivity index (χ1v) is 6.69. The second-order valence-corrected chi connectivity index (χ2v) is 6.04. The molecular formula is C15H15NO3. The monoisotopic (exact) mass is 257 g/mol. The average Bonchev–Trinajstić information content (AvgIpc) is 2.93. The number of aliphatic imine (C=N–C) groups is 1. The van der Waals surface area contributed by atoms with Gasteiger partial charge in [0.25, 0.3) is 0 Å². The van der Waals surface area contributed by atoms with Crippen molar-refractivity contribution < 1.29 is 14.3 Å². The molecule has 0 aromatic carbocycles. The van der Waals surface area contributed by atoms with Gasteiger partial charge in [-0.25, -0.2) is 0 Å². The maximum atomic E-state index is 11.8. The van der Waals surface area contributed by atoms with Gasteiger partial charge in [-0.2, -0.15) is 0 Å². The van der Waals surface area contributed by atoms with E-state index in [0.717, 1.165) is 24.3 Å². The Morgan fingerprint density at radius 2 is 2.32 bits per heavy atom. The lowest BCUT2D eigenvalue weighted by molar-refractivity contribution is -0.144. The van der Waals surface area contributed by atoms with Crippen molar-refractivity contribution in [2.45, 2.75) is 25.7 Å². The van der Waals surface area contributed by atoms with Crippen molar-refractivity contribution in [1.29, 1.82) is 0 Å². The third-order valence-electron chi connectivity index (χ3n) is 5.20. The van der Waals surface area contributed by atoms with E-state index in [4.69, 9.17) is 4.74 Å². The Bertz CT molecular complexity index is 601. The number of esters is 1. The number of nitrogens with zero attached hydrogens (tertiary/aromatic N) is 1. The van der Waals surface area contributed by atoms with Crippen molar-refractivity contribution in [3.8, 4) is 0 Å². The standard InChI is InChI=1S/C15H15NO3/c1-19-13(18)9-2-4-11-14(6-9)8-15(14)7-10(17)3-5-12(15)16-11/h2,4-5,9H,3,6-8H2,1H3. The number of Topliss-reactive ketones (excluding diaryl/α,β-unsaturated/α-hetero) is 1.